The van der Waals surface area contributed by atoms with Gasteiger partial charge in [-0.15, -0.1) is 0 Å². The van der Waals surface area contributed by atoms with Crippen LogP contribution in [0.4, 0.5) is 0 Å². The molecule has 17 nitrogen and oxygen atoms in total. The first-order chi connectivity index (χ1) is 44.7. The average molecular weight is 1370 g/mol. The van der Waals surface area contributed by atoms with Crippen molar-refractivity contribution in [1.82, 2.24) is 0 Å². The number of hydrogen-bond acceptors (Lipinski definition) is 15. The van der Waals surface area contributed by atoms with E-state index >= 15 is 0 Å². The van der Waals surface area contributed by atoms with E-state index in [1.54, 1.807) is 0 Å². The Morgan fingerprint density at radius 1 is 0.290 bits per heavy atom. The van der Waals surface area contributed by atoms with Crippen molar-refractivity contribution >= 4 is 39.5 Å². The fraction of sp³-hybridized carbons (Fsp3) is 0.946. The number of phosphoric ester groups is 2. The Morgan fingerprint density at radius 2 is 0.495 bits per heavy atom. The molecule has 0 aromatic heterocycles. The second-order valence-corrected chi connectivity index (χ2v) is 31.0. The molecule has 0 bridgehead atoms. The van der Waals surface area contributed by atoms with Crippen LogP contribution in [0.2, 0.25) is 0 Å². The second-order valence-electron chi connectivity index (χ2n) is 28.1. The molecule has 3 N–H and O–H groups in total. The van der Waals surface area contributed by atoms with Gasteiger partial charge in [-0.2, -0.15) is 0 Å². The normalized spacial score (nSPS) is 14.1. The van der Waals surface area contributed by atoms with Crippen molar-refractivity contribution in [1.29, 1.82) is 0 Å². The summed E-state index contributed by atoms with van der Waals surface area (Å²) in [6, 6.07) is 0. The highest BCUT2D eigenvalue weighted by Crippen LogP contribution is 2.45. The summed E-state index contributed by atoms with van der Waals surface area (Å²) in [5.74, 6) is 0.158. The van der Waals surface area contributed by atoms with Crippen LogP contribution in [0.5, 0.6) is 0 Å². The van der Waals surface area contributed by atoms with Gasteiger partial charge in [0.1, 0.15) is 19.3 Å². The molecule has 0 radical (unpaired) electrons. The number of unbranched alkanes of at least 4 members (excludes halogenated alkanes) is 40. The van der Waals surface area contributed by atoms with E-state index in [4.69, 9.17) is 37.0 Å². The predicted molar refractivity (Wildman–Crippen MR) is 377 cm³/mol. The number of carbonyl (C=O) groups is 4. The summed E-state index contributed by atoms with van der Waals surface area (Å²) in [4.78, 5) is 72.6. The standard InChI is InChI=1S/C74H144O17P2/c1-8-9-10-11-12-24-34-41-48-55-71(76)84-61-70(91-74(79)58-51-44-37-30-29-33-40-47-54-67(6)7)64-89-93(82,83)87-60-68(75)59-86-92(80,81)88-63-69(62-85-72(77)56-49-42-35-28-23-26-32-39-46-53-66(4)5)90-73(78)57-50-43-36-27-22-20-18-16-14-13-15-17-19-21-25-31-38-45-52-65(2)3/h65-70,75H,8-64H2,1-7H3,(H,80,81)(H,82,83)/t68-,69-,70-/m1/s1. The van der Waals surface area contributed by atoms with Crippen molar-refractivity contribution in [3.8, 4) is 0 Å². The third-order valence-corrected chi connectivity index (χ3v) is 19.0. The Bertz CT molecular complexity index is 1820. The molecule has 0 aliphatic heterocycles. The third kappa shape index (κ3) is 68.4. The van der Waals surface area contributed by atoms with Gasteiger partial charge in [0, 0.05) is 25.7 Å². The first-order valence-corrected chi connectivity index (χ1v) is 41.3. The van der Waals surface area contributed by atoms with Crippen molar-refractivity contribution in [3.63, 3.8) is 0 Å². The lowest BCUT2D eigenvalue weighted by molar-refractivity contribution is -0.161. The van der Waals surface area contributed by atoms with Gasteiger partial charge in [-0.3, -0.25) is 37.3 Å². The molecular formula is C74H144O17P2. The highest BCUT2D eigenvalue weighted by atomic mass is 31.2. The lowest BCUT2D eigenvalue weighted by Gasteiger charge is -2.21. The number of esters is 4. The van der Waals surface area contributed by atoms with Crippen LogP contribution >= 0.6 is 15.6 Å². The molecule has 0 aromatic rings. The SMILES string of the molecule is CCCCCCCCCCCC(=O)OC[C@H](COP(=O)(O)OC[C@H](O)COP(=O)(O)OC[C@@H](COC(=O)CCCCCCCCCCCC(C)C)OC(=O)CCCCCCCCCCCCCCCCCCCCC(C)C)OC(=O)CCCCCCCCCCC(C)C. The smallest absolute Gasteiger partial charge is 0.462 e. The summed E-state index contributed by atoms with van der Waals surface area (Å²) in [7, 11) is -9.90. The first kappa shape index (κ1) is 91.1. The average Bonchev–Trinajstić information content (AvgIpc) is 1.65. The molecule has 0 fully saturated rings. The fourth-order valence-corrected chi connectivity index (χ4v) is 12.8. The molecule has 0 aliphatic rings. The molecule has 2 unspecified atom stereocenters. The Morgan fingerprint density at radius 3 is 0.731 bits per heavy atom. The highest BCUT2D eigenvalue weighted by molar-refractivity contribution is 7.47. The Hall–Kier alpha value is -1.94. The van der Waals surface area contributed by atoms with Crippen LogP contribution in [0.25, 0.3) is 0 Å². The number of hydrogen-bond donors (Lipinski definition) is 3. The van der Waals surface area contributed by atoms with Gasteiger partial charge in [0.2, 0.25) is 0 Å². The van der Waals surface area contributed by atoms with E-state index in [1.165, 1.54) is 186 Å². The monoisotopic (exact) mass is 1370 g/mol. The molecule has 0 saturated carbocycles. The van der Waals surface area contributed by atoms with Gasteiger partial charge < -0.3 is 33.8 Å². The quantitative estimate of drug-likeness (QED) is 0.0222. The van der Waals surface area contributed by atoms with Crippen molar-refractivity contribution < 1.29 is 80.2 Å². The van der Waals surface area contributed by atoms with Crippen LogP contribution in [0, 0.1) is 17.8 Å². The topological polar surface area (TPSA) is 237 Å². The van der Waals surface area contributed by atoms with Crippen LogP contribution < -0.4 is 0 Å². The van der Waals surface area contributed by atoms with Crippen LogP contribution in [0.3, 0.4) is 0 Å². The molecule has 5 atom stereocenters. The second kappa shape index (κ2) is 64.7. The van der Waals surface area contributed by atoms with E-state index in [9.17, 15) is 43.2 Å². The first-order valence-electron chi connectivity index (χ1n) is 38.3. The molecule has 0 saturated heterocycles. The van der Waals surface area contributed by atoms with Gasteiger partial charge in [0.05, 0.1) is 26.4 Å². The van der Waals surface area contributed by atoms with Gasteiger partial charge in [-0.1, -0.05) is 325 Å². The molecule has 19 heteroatoms. The van der Waals surface area contributed by atoms with Crippen LogP contribution in [-0.4, -0.2) is 96.7 Å². The Kier molecular flexibility index (Phi) is 63.4. The molecule has 93 heavy (non-hydrogen) atoms. The lowest BCUT2D eigenvalue weighted by Crippen LogP contribution is -2.30. The van der Waals surface area contributed by atoms with Crippen LogP contribution in [0.1, 0.15) is 376 Å². The summed E-state index contributed by atoms with van der Waals surface area (Å²) in [5.41, 5.74) is 0. The lowest BCUT2D eigenvalue weighted by atomic mass is 10.0. The van der Waals surface area contributed by atoms with Crippen molar-refractivity contribution in [2.24, 2.45) is 17.8 Å². The molecule has 0 aliphatic carbocycles. The maximum Gasteiger partial charge on any atom is 0.472 e. The van der Waals surface area contributed by atoms with E-state index in [1.807, 2.05) is 0 Å². The summed E-state index contributed by atoms with van der Waals surface area (Å²) in [5, 5.41) is 10.6. The minimum atomic E-state index is -4.95. The molecule has 0 aromatic carbocycles. The predicted octanol–water partition coefficient (Wildman–Crippen LogP) is 21.4. The summed E-state index contributed by atoms with van der Waals surface area (Å²) in [6.45, 7) is 11.8. The highest BCUT2D eigenvalue weighted by Gasteiger charge is 2.30. The minimum absolute atomic E-state index is 0.104. The van der Waals surface area contributed by atoms with Crippen molar-refractivity contribution in [2.45, 2.75) is 394 Å². The number of phosphoric acid groups is 2. The third-order valence-electron chi connectivity index (χ3n) is 17.1. The van der Waals surface area contributed by atoms with Gasteiger partial charge in [0.15, 0.2) is 12.2 Å². The number of rotatable bonds is 72. The molecule has 552 valence electrons. The number of aliphatic hydroxyl groups excluding tert-OH is 1. The largest absolute Gasteiger partial charge is 0.472 e. The molecule has 0 spiro atoms. The Balaban J connectivity index is 5.18. The van der Waals surface area contributed by atoms with Gasteiger partial charge in [-0.25, -0.2) is 9.13 Å². The summed E-state index contributed by atoms with van der Waals surface area (Å²) >= 11 is 0. The zero-order valence-electron chi connectivity index (χ0n) is 60.7. The fourth-order valence-electron chi connectivity index (χ4n) is 11.2. The van der Waals surface area contributed by atoms with Gasteiger partial charge in [-0.05, 0) is 43.4 Å². The zero-order chi connectivity index (χ0) is 68.7. The zero-order valence-corrected chi connectivity index (χ0v) is 62.5. The molecule has 0 heterocycles. The Labute approximate surface area is 568 Å². The maximum absolute atomic E-state index is 13.1. The van der Waals surface area contributed by atoms with Crippen molar-refractivity contribution in [3.05, 3.63) is 0 Å². The summed E-state index contributed by atoms with van der Waals surface area (Å²) in [6.07, 6.45) is 50.1. The summed E-state index contributed by atoms with van der Waals surface area (Å²) < 4.78 is 68.4. The molecular weight excluding hydrogens is 1220 g/mol. The van der Waals surface area contributed by atoms with E-state index in [0.717, 1.165) is 108 Å². The molecule has 0 amide bonds. The molecule has 0 rings (SSSR count). The van der Waals surface area contributed by atoms with E-state index in [-0.39, 0.29) is 25.7 Å². The van der Waals surface area contributed by atoms with E-state index in [2.05, 4.69) is 48.5 Å². The van der Waals surface area contributed by atoms with Crippen LogP contribution in [-0.2, 0) is 65.4 Å². The van der Waals surface area contributed by atoms with E-state index < -0.39 is 97.5 Å². The van der Waals surface area contributed by atoms with Gasteiger partial charge >= 0.3 is 39.5 Å². The van der Waals surface area contributed by atoms with Crippen LogP contribution in [0.15, 0.2) is 0 Å². The minimum Gasteiger partial charge on any atom is -0.462 e. The van der Waals surface area contributed by atoms with Crippen molar-refractivity contribution in [2.75, 3.05) is 39.6 Å². The van der Waals surface area contributed by atoms with Gasteiger partial charge in [0.25, 0.3) is 0 Å². The number of aliphatic hydroxyl groups is 1. The number of carbonyl (C=O) groups excluding carboxylic acids is 4. The number of ether oxygens (including phenoxy) is 4. The maximum atomic E-state index is 13.1. The van der Waals surface area contributed by atoms with E-state index in [0.29, 0.717) is 25.7 Å².